The molecule has 0 bridgehead atoms. The highest BCUT2D eigenvalue weighted by Crippen LogP contribution is 2.13. The molecule has 20 heavy (non-hydrogen) atoms. The number of hydrogen-bond acceptors (Lipinski definition) is 3. The van der Waals surface area contributed by atoms with Crippen LogP contribution in [0.2, 0.25) is 0 Å². The third kappa shape index (κ3) is 6.57. The van der Waals surface area contributed by atoms with E-state index in [-0.39, 0.29) is 11.8 Å². The van der Waals surface area contributed by atoms with Gasteiger partial charge in [0.05, 0.1) is 6.61 Å². The van der Waals surface area contributed by atoms with Crippen molar-refractivity contribution >= 4 is 5.91 Å². The summed E-state index contributed by atoms with van der Waals surface area (Å²) in [5.41, 5.74) is 1.19. The van der Waals surface area contributed by atoms with Crippen LogP contribution in [0.5, 0.6) is 5.75 Å². The molecule has 0 spiro atoms. The maximum atomic E-state index is 11.4. The van der Waals surface area contributed by atoms with Crippen LogP contribution in [0.4, 0.5) is 0 Å². The highest BCUT2D eigenvalue weighted by atomic mass is 16.5. The summed E-state index contributed by atoms with van der Waals surface area (Å²) in [6.07, 6.45) is 1.01. The number of benzene rings is 1. The van der Waals surface area contributed by atoms with E-state index < -0.39 is 0 Å². The van der Waals surface area contributed by atoms with Crippen LogP contribution in [-0.2, 0) is 11.3 Å². The maximum Gasteiger partial charge on any atom is 0.222 e. The highest BCUT2D eigenvalue weighted by Gasteiger charge is 2.04. The molecule has 1 rings (SSSR count). The van der Waals surface area contributed by atoms with E-state index in [4.69, 9.17) is 4.74 Å². The molecule has 1 aromatic rings. The first-order valence-electron chi connectivity index (χ1n) is 7.33. The van der Waals surface area contributed by atoms with Gasteiger partial charge in [-0.1, -0.05) is 32.9 Å². The number of nitrogens with one attached hydrogen (secondary N) is 2. The Kier molecular flexibility index (Phi) is 7.73. The summed E-state index contributed by atoms with van der Waals surface area (Å²) in [6, 6.07) is 8.10. The molecule has 0 fully saturated rings. The van der Waals surface area contributed by atoms with E-state index in [2.05, 4.69) is 29.7 Å². The van der Waals surface area contributed by atoms with E-state index in [1.165, 1.54) is 5.56 Å². The molecule has 0 atom stereocenters. The van der Waals surface area contributed by atoms with Crippen LogP contribution in [0, 0.1) is 5.92 Å². The Morgan fingerprint density at radius 3 is 2.80 bits per heavy atom. The zero-order valence-electron chi connectivity index (χ0n) is 12.7. The number of rotatable bonds is 9. The van der Waals surface area contributed by atoms with E-state index in [0.717, 1.165) is 31.9 Å². The summed E-state index contributed by atoms with van der Waals surface area (Å²) in [7, 11) is 0. The van der Waals surface area contributed by atoms with E-state index in [0.29, 0.717) is 6.54 Å². The number of hydrogen-bond donors (Lipinski definition) is 2. The van der Waals surface area contributed by atoms with E-state index in [1.807, 2.05) is 26.0 Å². The second-order valence-corrected chi connectivity index (χ2v) is 5.12. The first-order valence-corrected chi connectivity index (χ1v) is 7.33. The fourth-order valence-corrected chi connectivity index (χ4v) is 1.68. The van der Waals surface area contributed by atoms with Gasteiger partial charge in [0.1, 0.15) is 5.75 Å². The second kappa shape index (κ2) is 9.37. The zero-order chi connectivity index (χ0) is 14.8. The summed E-state index contributed by atoms with van der Waals surface area (Å²) in [4.78, 5) is 11.4. The minimum atomic E-state index is 0.0439. The van der Waals surface area contributed by atoms with Crippen molar-refractivity contribution in [2.45, 2.75) is 33.7 Å². The van der Waals surface area contributed by atoms with Crippen LogP contribution in [0.3, 0.4) is 0 Å². The minimum absolute atomic E-state index is 0.0439. The summed E-state index contributed by atoms with van der Waals surface area (Å²) in [6.45, 7) is 8.83. The van der Waals surface area contributed by atoms with Crippen molar-refractivity contribution in [2.75, 3.05) is 19.7 Å². The number of carbonyl (C=O) groups is 1. The van der Waals surface area contributed by atoms with Crippen molar-refractivity contribution in [3.63, 3.8) is 0 Å². The summed E-state index contributed by atoms with van der Waals surface area (Å²) >= 11 is 0. The highest BCUT2D eigenvalue weighted by molar-refractivity contribution is 5.77. The lowest BCUT2D eigenvalue weighted by Gasteiger charge is -2.10. The third-order valence-corrected chi connectivity index (χ3v) is 2.83. The number of ether oxygens (including phenoxy) is 1. The third-order valence-electron chi connectivity index (χ3n) is 2.83. The average Bonchev–Trinajstić information content (AvgIpc) is 2.45. The van der Waals surface area contributed by atoms with Gasteiger partial charge in [0.25, 0.3) is 0 Å². The smallest absolute Gasteiger partial charge is 0.222 e. The van der Waals surface area contributed by atoms with Crippen molar-refractivity contribution < 1.29 is 9.53 Å². The molecule has 0 aliphatic heterocycles. The first-order chi connectivity index (χ1) is 9.63. The van der Waals surface area contributed by atoms with Crippen molar-refractivity contribution in [1.29, 1.82) is 0 Å². The van der Waals surface area contributed by atoms with E-state index >= 15 is 0 Å². The monoisotopic (exact) mass is 278 g/mol. The number of carbonyl (C=O) groups excluding carboxylic acids is 1. The van der Waals surface area contributed by atoms with Gasteiger partial charge in [-0.05, 0) is 24.1 Å². The Hall–Kier alpha value is -1.55. The fourth-order valence-electron chi connectivity index (χ4n) is 1.68. The number of amides is 1. The van der Waals surface area contributed by atoms with Gasteiger partial charge in [-0.25, -0.2) is 0 Å². The predicted molar refractivity (Wildman–Crippen MR) is 81.8 cm³/mol. The standard InChI is InChI=1S/C16H26N2O2/c1-4-10-20-15-7-5-6-14(11-15)12-17-8-9-18-16(19)13(2)3/h5-7,11,13,17H,4,8-10,12H2,1-3H3,(H,18,19). The molecule has 0 saturated carbocycles. The SMILES string of the molecule is CCCOc1cccc(CNCCNC(=O)C(C)C)c1. The van der Waals surface area contributed by atoms with Gasteiger partial charge in [-0.2, -0.15) is 0 Å². The lowest BCUT2D eigenvalue weighted by atomic mass is 10.2. The summed E-state index contributed by atoms with van der Waals surface area (Å²) in [5.74, 6) is 1.06. The van der Waals surface area contributed by atoms with Gasteiger partial charge >= 0.3 is 0 Å². The van der Waals surface area contributed by atoms with Crippen LogP contribution in [0.15, 0.2) is 24.3 Å². The van der Waals surface area contributed by atoms with Gasteiger partial charge in [0, 0.05) is 25.6 Å². The molecular weight excluding hydrogens is 252 g/mol. The van der Waals surface area contributed by atoms with Gasteiger partial charge in [0.15, 0.2) is 0 Å². The van der Waals surface area contributed by atoms with Gasteiger partial charge in [-0.3, -0.25) is 4.79 Å². The minimum Gasteiger partial charge on any atom is -0.494 e. The van der Waals surface area contributed by atoms with Crippen LogP contribution < -0.4 is 15.4 Å². The van der Waals surface area contributed by atoms with Crippen molar-refractivity contribution in [3.05, 3.63) is 29.8 Å². The summed E-state index contributed by atoms with van der Waals surface area (Å²) in [5, 5.41) is 6.19. The Balaban J connectivity index is 2.23. The topological polar surface area (TPSA) is 50.4 Å². The van der Waals surface area contributed by atoms with Crippen molar-refractivity contribution in [3.8, 4) is 5.75 Å². The molecular formula is C16H26N2O2. The Labute approximate surface area is 121 Å². The summed E-state index contributed by atoms with van der Waals surface area (Å²) < 4.78 is 5.60. The molecule has 0 heterocycles. The van der Waals surface area contributed by atoms with Crippen molar-refractivity contribution in [1.82, 2.24) is 10.6 Å². The molecule has 0 saturated heterocycles. The molecule has 0 aliphatic carbocycles. The quantitative estimate of drug-likeness (QED) is 0.682. The molecule has 4 nitrogen and oxygen atoms in total. The molecule has 0 unspecified atom stereocenters. The van der Waals surface area contributed by atoms with E-state index in [1.54, 1.807) is 0 Å². The zero-order valence-corrected chi connectivity index (χ0v) is 12.7. The largest absolute Gasteiger partial charge is 0.494 e. The average molecular weight is 278 g/mol. The Bertz CT molecular complexity index is 405. The van der Waals surface area contributed by atoms with Crippen LogP contribution in [0.1, 0.15) is 32.8 Å². The predicted octanol–water partition coefficient (Wildman–Crippen LogP) is 2.34. The lowest BCUT2D eigenvalue weighted by molar-refractivity contribution is -0.123. The maximum absolute atomic E-state index is 11.4. The van der Waals surface area contributed by atoms with Crippen molar-refractivity contribution in [2.24, 2.45) is 5.92 Å². The molecule has 1 amide bonds. The van der Waals surface area contributed by atoms with E-state index in [9.17, 15) is 4.79 Å². The van der Waals surface area contributed by atoms with Gasteiger partial charge in [-0.15, -0.1) is 0 Å². The Morgan fingerprint density at radius 1 is 1.30 bits per heavy atom. The molecule has 1 aromatic carbocycles. The molecule has 2 N–H and O–H groups in total. The molecule has 4 heteroatoms. The van der Waals surface area contributed by atoms with Crippen LogP contribution in [0.25, 0.3) is 0 Å². The first kappa shape index (κ1) is 16.5. The Morgan fingerprint density at radius 2 is 2.10 bits per heavy atom. The molecule has 0 aliphatic rings. The lowest BCUT2D eigenvalue weighted by Crippen LogP contribution is -2.34. The van der Waals surface area contributed by atoms with Gasteiger partial charge < -0.3 is 15.4 Å². The van der Waals surface area contributed by atoms with Crippen LogP contribution >= 0.6 is 0 Å². The fraction of sp³-hybridized carbons (Fsp3) is 0.562. The van der Waals surface area contributed by atoms with Gasteiger partial charge in [0.2, 0.25) is 5.91 Å². The molecule has 112 valence electrons. The normalized spacial score (nSPS) is 10.6. The van der Waals surface area contributed by atoms with Crippen LogP contribution in [-0.4, -0.2) is 25.6 Å². The molecule has 0 radical (unpaired) electrons. The molecule has 0 aromatic heterocycles. The second-order valence-electron chi connectivity index (χ2n) is 5.12.